The Labute approximate surface area is 152 Å². The van der Waals surface area contributed by atoms with Crippen molar-refractivity contribution in [3.8, 4) is 17.2 Å². The number of aromatic nitrogens is 2. The molecule has 0 aliphatic rings. The van der Waals surface area contributed by atoms with Gasteiger partial charge in [-0.05, 0) is 12.1 Å². The van der Waals surface area contributed by atoms with Crippen LogP contribution in [-0.2, 0) is 4.79 Å². The van der Waals surface area contributed by atoms with Crippen LogP contribution in [0.5, 0.6) is 17.2 Å². The number of nitrogens with zero attached hydrogens (tertiary/aromatic N) is 3. The fourth-order valence-corrected chi connectivity index (χ4v) is 3.22. The second-order valence-electron chi connectivity index (χ2n) is 4.45. The molecule has 25 heavy (non-hydrogen) atoms. The van der Waals surface area contributed by atoms with E-state index in [0.29, 0.717) is 32.3 Å². The summed E-state index contributed by atoms with van der Waals surface area (Å²) < 4.78 is 16.4. The number of ether oxygens (including phenoxy) is 3. The summed E-state index contributed by atoms with van der Waals surface area (Å²) >= 11 is 2.46. The van der Waals surface area contributed by atoms with E-state index < -0.39 is 0 Å². The first-order chi connectivity index (χ1) is 12.1. The lowest BCUT2D eigenvalue weighted by Crippen LogP contribution is -2.19. The van der Waals surface area contributed by atoms with Crippen molar-refractivity contribution in [2.45, 2.75) is 4.34 Å². The maximum atomic E-state index is 11.8. The number of thioether (sulfide) groups is 1. The molecule has 11 heteroatoms. The average Bonchev–Trinajstić information content (AvgIpc) is 3.04. The van der Waals surface area contributed by atoms with Gasteiger partial charge < -0.3 is 19.9 Å². The number of benzene rings is 1. The van der Waals surface area contributed by atoms with E-state index >= 15 is 0 Å². The van der Waals surface area contributed by atoms with Crippen LogP contribution in [0.3, 0.4) is 0 Å². The number of hydrazone groups is 1. The van der Waals surface area contributed by atoms with Gasteiger partial charge >= 0.3 is 0 Å². The van der Waals surface area contributed by atoms with E-state index in [9.17, 15) is 4.79 Å². The van der Waals surface area contributed by atoms with Gasteiger partial charge in [0.2, 0.25) is 10.9 Å². The minimum Gasteiger partial charge on any atom is -0.493 e. The number of nitrogens with one attached hydrogen (secondary N) is 1. The highest BCUT2D eigenvalue weighted by Gasteiger charge is 2.12. The van der Waals surface area contributed by atoms with Gasteiger partial charge in [-0.2, -0.15) is 5.10 Å². The molecule has 0 unspecified atom stereocenters. The van der Waals surface area contributed by atoms with E-state index in [2.05, 4.69) is 20.7 Å². The maximum absolute atomic E-state index is 11.8. The number of rotatable bonds is 8. The first-order valence-corrected chi connectivity index (χ1v) is 8.71. The Balaban J connectivity index is 1.95. The minimum atomic E-state index is -0.275. The first kappa shape index (κ1) is 18.8. The van der Waals surface area contributed by atoms with Crippen LogP contribution in [0.1, 0.15) is 5.56 Å². The van der Waals surface area contributed by atoms with Crippen molar-refractivity contribution in [2.24, 2.45) is 5.10 Å². The highest BCUT2D eigenvalue weighted by molar-refractivity contribution is 8.01. The molecule has 0 saturated carbocycles. The van der Waals surface area contributed by atoms with Gasteiger partial charge in [-0.25, -0.2) is 5.43 Å². The highest BCUT2D eigenvalue weighted by Crippen LogP contribution is 2.37. The molecule has 0 saturated heterocycles. The number of methoxy groups -OCH3 is 3. The van der Waals surface area contributed by atoms with Crippen LogP contribution in [-0.4, -0.2) is 49.4 Å². The largest absolute Gasteiger partial charge is 0.493 e. The Bertz CT molecular complexity index is 740. The number of nitrogens with two attached hydrogens (primary N) is 1. The van der Waals surface area contributed by atoms with E-state index in [4.69, 9.17) is 19.9 Å². The zero-order valence-corrected chi connectivity index (χ0v) is 15.4. The lowest BCUT2D eigenvalue weighted by Gasteiger charge is -2.12. The van der Waals surface area contributed by atoms with Crippen LogP contribution in [0, 0.1) is 0 Å². The van der Waals surface area contributed by atoms with Gasteiger partial charge in [0.1, 0.15) is 0 Å². The third-order valence-electron chi connectivity index (χ3n) is 2.84. The molecule has 0 aliphatic heterocycles. The number of carbonyl (C=O) groups is 1. The molecule has 1 heterocycles. The molecule has 2 aromatic rings. The molecule has 2 rings (SSSR count). The summed E-state index contributed by atoms with van der Waals surface area (Å²) in [6.45, 7) is 0. The summed E-state index contributed by atoms with van der Waals surface area (Å²) in [6.07, 6.45) is 1.48. The molecule has 0 fully saturated rings. The van der Waals surface area contributed by atoms with Crippen LogP contribution < -0.4 is 25.4 Å². The molecule has 0 spiro atoms. The van der Waals surface area contributed by atoms with E-state index in [1.54, 1.807) is 12.1 Å². The van der Waals surface area contributed by atoms with Gasteiger partial charge in [-0.15, -0.1) is 10.2 Å². The molecular formula is C14H17N5O4S2. The molecule has 1 amide bonds. The van der Waals surface area contributed by atoms with Crippen LogP contribution in [0.2, 0.25) is 0 Å². The Kier molecular flexibility index (Phi) is 6.83. The monoisotopic (exact) mass is 383 g/mol. The third-order valence-corrected chi connectivity index (χ3v) is 4.72. The fraction of sp³-hybridized carbons (Fsp3) is 0.286. The van der Waals surface area contributed by atoms with Crippen molar-refractivity contribution >= 4 is 40.4 Å². The van der Waals surface area contributed by atoms with Gasteiger partial charge in [0.15, 0.2) is 15.8 Å². The maximum Gasteiger partial charge on any atom is 0.250 e. The molecule has 0 bridgehead atoms. The number of hydrogen-bond donors (Lipinski definition) is 2. The van der Waals surface area contributed by atoms with Gasteiger partial charge in [0, 0.05) is 5.56 Å². The summed E-state index contributed by atoms with van der Waals surface area (Å²) in [5, 5.41) is 11.8. The molecule has 134 valence electrons. The van der Waals surface area contributed by atoms with Gasteiger partial charge in [-0.3, -0.25) is 4.79 Å². The van der Waals surface area contributed by atoms with Crippen molar-refractivity contribution in [1.29, 1.82) is 0 Å². The predicted molar refractivity (Wildman–Crippen MR) is 96.9 cm³/mol. The van der Waals surface area contributed by atoms with Crippen LogP contribution in [0.4, 0.5) is 5.13 Å². The van der Waals surface area contributed by atoms with Gasteiger partial charge in [-0.1, -0.05) is 23.1 Å². The smallest absolute Gasteiger partial charge is 0.250 e. The second-order valence-corrected chi connectivity index (χ2v) is 6.68. The Morgan fingerprint density at radius 3 is 2.48 bits per heavy atom. The molecule has 1 aromatic carbocycles. The topological polar surface area (TPSA) is 121 Å². The SMILES string of the molecule is COc1cc(C=NNC(=O)CSc2nnc(N)s2)cc(OC)c1OC. The normalized spacial score (nSPS) is 10.7. The van der Waals surface area contributed by atoms with Crippen LogP contribution in [0.15, 0.2) is 21.6 Å². The lowest BCUT2D eigenvalue weighted by atomic mass is 10.2. The van der Waals surface area contributed by atoms with Crippen LogP contribution in [0.25, 0.3) is 0 Å². The van der Waals surface area contributed by atoms with Crippen LogP contribution >= 0.6 is 23.1 Å². The number of hydrogen-bond acceptors (Lipinski definition) is 10. The molecule has 3 N–H and O–H groups in total. The number of amides is 1. The van der Waals surface area contributed by atoms with Gasteiger partial charge in [0.05, 0.1) is 33.3 Å². The molecule has 9 nitrogen and oxygen atoms in total. The zero-order valence-electron chi connectivity index (χ0n) is 13.8. The fourth-order valence-electron chi connectivity index (χ4n) is 1.79. The van der Waals surface area contributed by atoms with Crippen molar-refractivity contribution in [3.05, 3.63) is 17.7 Å². The molecule has 0 radical (unpaired) electrons. The van der Waals surface area contributed by atoms with Gasteiger partial charge in [0.25, 0.3) is 5.91 Å². The van der Waals surface area contributed by atoms with Crippen molar-refractivity contribution < 1.29 is 19.0 Å². The first-order valence-electron chi connectivity index (χ1n) is 6.91. The number of carbonyl (C=O) groups excluding carboxylic acids is 1. The molecule has 1 aromatic heterocycles. The summed E-state index contributed by atoms with van der Waals surface area (Å²) in [5.41, 5.74) is 8.59. The molecule has 0 atom stereocenters. The predicted octanol–water partition coefficient (Wildman–Crippen LogP) is 1.39. The van der Waals surface area contributed by atoms with Crippen molar-refractivity contribution in [2.75, 3.05) is 32.8 Å². The summed E-state index contributed by atoms with van der Waals surface area (Å²) in [6, 6.07) is 3.44. The van der Waals surface area contributed by atoms with E-state index in [1.807, 2.05) is 0 Å². The lowest BCUT2D eigenvalue weighted by molar-refractivity contribution is -0.118. The Hall–Kier alpha value is -2.53. The molecular weight excluding hydrogens is 366 g/mol. The van der Waals surface area contributed by atoms with E-state index in [-0.39, 0.29) is 11.7 Å². The minimum absolute atomic E-state index is 0.154. The second kappa shape index (κ2) is 9.08. The zero-order chi connectivity index (χ0) is 18.2. The van der Waals surface area contributed by atoms with Crippen molar-refractivity contribution in [1.82, 2.24) is 15.6 Å². The highest BCUT2D eigenvalue weighted by atomic mass is 32.2. The average molecular weight is 383 g/mol. The number of nitrogen functional groups attached to an aromatic ring is 1. The summed E-state index contributed by atoms with van der Waals surface area (Å²) in [7, 11) is 4.58. The Morgan fingerprint density at radius 2 is 1.96 bits per heavy atom. The molecule has 0 aliphatic carbocycles. The third kappa shape index (κ3) is 5.22. The van der Waals surface area contributed by atoms with E-state index in [1.165, 1.54) is 50.6 Å². The summed E-state index contributed by atoms with van der Waals surface area (Å²) in [4.78, 5) is 11.8. The quantitative estimate of drug-likeness (QED) is 0.398. The van der Waals surface area contributed by atoms with E-state index in [0.717, 1.165) is 0 Å². The summed E-state index contributed by atoms with van der Waals surface area (Å²) in [5.74, 6) is 1.36. The Morgan fingerprint density at radius 1 is 1.28 bits per heavy atom. The van der Waals surface area contributed by atoms with Crippen molar-refractivity contribution in [3.63, 3.8) is 0 Å². The number of anilines is 1. The standard InChI is InChI=1S/C14H17N5O4S2/c1-21-9-4-8(5-10(22-2)12(9)23-3)6-16-17-11(20)7-24-14-19-18-13(15)25-14/h4-6H,7H2,1-3H3,(H2,15,18)(H,17,20).